The van der Waals surface area contributed by atoms with Crippen LogP contribution in [0.4, 0.5) is 11.6 Å². The van der Waals surface area contributed by atoms with Gasteiger partial charge in [-0.25, -0.2) is 9.97 Å². The Hall–Kier alpha value is -2.96. The maximum atomic E-state index is 5.17. The minimum atomic E-state index is 0.539. The zero-order valence-electron chi connectivity index (χ0n) is 14.4. The van der Waals surface area contributed by atoms with Crippen molar-refractivity contribution in [3.8, 4) is 5.88 Å². The maximum absolute atomic E-state index is 5.17. The average Bonchev–Trinajstić information content (AvgIpc) is 2.67. The summed E-state index contributed by atoms with van der Waals surface area (Å²) in [4.78, 5) is 22.1. The molecule has 2 aromatic heterocycles. The number of rotatable bonds is 3. The van der Waals surface area contributed by atoms with E-state index in [0.717, 1.165) is 48.7 Å². The van der Waals surface area contributed by atoms with Gasteiger partial charge in [-0.15, -0.1) is 0 Å². The summed E-state index contributed by atoms with van der Waals surface area (Å²) in [6.45, 7) is 5.56. The molecule has 128 valence electrons. The highest BCUT2D eigenvalue weighted by Gasteiger charge is 2.21. The van der Waals surface area contributed by atoms with Crippen LogP contribution in [-0.2, 0) is 0 Å². The number of ether oxygens (including phenoxy) is 1. The molecular weight excluding hydrogens is 316 g/mol. The van der Waals surface area contributed by atoms with Gasteiger partial charge in [-0.1, -0.05) is 11.6 Å². The van der Waals surface area contributed by atoms with Crippen LogP contribution in [0.1, 0.15) is 5.56 Å². The average molecular weight is 336 g/mol. The number of hydrogen-bond acceptors (Lipinski definition) is 7. The van der Waals surface area contributed by atoms with Crippen LogP contribution in [0.15, 0.2) is 36.9 Å². The molecule has 3 heterocycles. The normalized spacial score (nSPS) is 14.8. The molecule has 3 aromatic rings. The Morgan fingerprint density at radius 2 is 1.80 bits per heavy atom. The first-order valence-electron chi connectivity index (χ1n) is 8.32. The van der Waals surface area contributed by atoms with Crippen molar-refractivity contribution in [2.45, 2.75) is 6.92 Å². The lowest BCUT2D eigenvalue weighted by Gasteiger charge is -2.36. The molecule has 0 spiro atoms. The number of hydrogen-bond donors (Lipinski definition) is 0. The van der Waals surface area contributed by atoms with Gasteiger partial charge in [-0.3, -0.25) is 4.98 Å². The first-order valence-corrected chi connectivity index (χ1v) is 8.32. The van der Waals surface area contributed by atoms with Crippen LogP contribution in [-0.4, -0.2) is 53.2 Å². The smallest absolute Gasteiger partial charge is 0.233 e. The maximum Gasteiger partial charge on any atom is 0.233 e. The van der Waals surface area contributed by atoms with Gasteiger partial charge in [0.25, 0.3) is 0 Å². The molecule has 0 aliphatic carbocycles. The lowest BCUT2D eigenvalue weighted by atomic mass is 10.1. The molecule has 1 aliphatic rings. The minimum absolute atomic E-state index is 0.539. The summed E-state index contributed by atoms with van der Waals surface area (Å²) in [5.41, 5.74) is 2.20. The minimum Gasteiger partial charge on any atom is -0.480 e. The first-order chi connectivity index (χ1) is 12.2. The third-order valence-corrected chi connectivity index (χ3v) is 4.48. The van der Waals surface area contributed by atoms with E-state index < -0.39 is 0 Å². The van der Waals surface area contributed by atoms with E-state index in [1.165, 1.54) is 5.56 Å². The Bertz CT molecular complexity index is 892. The van der Waals surface area contributed by atoms with Gasteiger partial charge < -0.3 is 14.5 Å². The Morgan fingerprint density at radius 3 is 2.60 bits per heavy atom. The molecule has 1 saturated heterocycles. The second-order valence-electron chi connectivity index (χ2n) is 6.11. The molecule has 0 amide bonds. The third kappa shape index (κ3) is 3.05. The van der Waals surface area contributed by atoms with Crippen LogP contribution in [0.25, 0.3) is 10.9 Å². The fourth-order valence-corrected chi connectivity index (χ4v) is 3.15. The van der Waals surface area contributed by atoms with Crippen molar-refractivity contribution >= 4 is 22.5 Å². The lowest BCUT2D eigenvalue weighted by Crippen LogP contribution is -2.47. The zero-order chi connectivity index (χ0) is 17.2. The Kier molecular flexibility index (Phi) is 4.05. The molecule has 1 fully saturated rings. The standard InChI is InChI=1S/C18H20N6O/c1-13-3-4-15-14(9-13)18(21-12-20-15)24-7-5-23(6-8-24)16-10-19-11-17(22-16)25-2/h3-4,9-12H,5-8H2,1-2H3. The highest BCUT2D eigenvalue weighted by Crippen LogP contribution is 2.25. The number of benzene rings is 1. The first kappa shape index (κ1) is 15.6. The van der Waals surface area contributed by atoms with Crippen LogP contribution in [0.3, 0.4) is 0 Å². The predicted octanol–water partition coefficient (Wildman–Crippen LogP) is 2.06. The Labute approximate surface area is 146 Å². The molecule has 1 aromatic carbocycles. The van der Waals surface area contributed by atoms with E-state index in [1.54, 1.807) is 25.8 Å². The number of nitrogens with zero attached hydrogens (tertiary/aromatic N) is 6. The van der Waals surface area contributed by atoms with Gasteiger partial charge in [0, 0.05) is 31.6 Å². The highest BCUT2D eigenvalue weighted by molar-refractivity contribution is 5.89. The zero-order valence-corrected chi connectivity index (χ0v) is 14.4. The summed E-state index contributed by atoms with van der Waals surface area (Å²) >= 11 is 0. The van der Waals surface area contributed by atoms with E-state index >= 15 is 0 Å². The van der Waals surface area contributed by atoms with Gasteiger partial charge in [-0.05, 0) is 19.1 Å². The number of methoxy groups -OCH3 is 1. The number of piperazine rings is 1. The van der Waals surface area contributed by atoms with Crippen molar-refractivity contribution in [3.63, 3.8) is 0 Å². The van der Waals surface area contributed by atoms with Crippen LogP contribution < -0.4 is 14.5 Å². The topological polar surface area (TPSA) is 67.3 Å². The quantitative estimate of drug-likeness (QED) is 0.725. The summed E-state index contributed by atoms with van der Waals surface area (Å²) in [6, 6.07) is 6.29. The van der Waals surface area contributed by atoms with Gasteiger partial charge >= 0.3 is 0 Å². The summed E-state index contributed by atoms with van der Waals surface area (Å²) in [5, 5.41) is 1.11. The largest absolute Gasteiger partial charge is 0.480 e. The molecular formula is C18H20N6O. The second kappa shape index (κ2) is 6.51. The third-order valence-electron chi connectivity index (χ3n) is 4.48. The van der Waals surface area contributed by atoms with Crippen LogP contribution in [0.2, 0.25) is 0 Å². The van der Waals surface area contributed by atoms with E-state index in [1.807, 2.05) is 0 Å². The van der Waals surface area contributed by atoms with Crippen LogP contribution in [0, 0.1) is 6.92 Å². The lowest BCUT2D eigenvalue weighted by molar-refractivity contribution is 0.395. The monoisotopic (exact) mass is 336 g/mol. The summed E-state index contributed by atoms with van der Waals surface area (Å²) in [5.74, 6) is 2.39. The van der Waals surface area contributed by atoms with Gasteiger partial charge in [0.15, 0.2) is 5.82 Å². The highest BCUT2D eigenvalue weighted by atomic mass is 16.5. The molecule has 4 rings (SSSR count). The number of anilines is 2. The van der Waals surface area contributed by atoms with Crippen LogP contribution in [0.5, 0.6) is 5.88 Å². The van der Waals surface area contributed by atoms with Crippen molar-refractivity contribution in [2.24, 2.45) is 0 Å². The number of aromatic nitrogens is 4. The van der Waals surface area contributed by atoms with Gasteiger partial charge in [0.2, 0.25) is 5.88 Å². The molecule has 0 unspecified atom stereocenters. The van der Waals surface area contributed by atoms with Gasteiger partial charge in [0.1, 0.15) is 12.1 Å². The molecule has 7 heteroatoms. The van der Waals surface area contributed by atoms with Crippen molar-refractivity contribution in [3.05, 3.63) is 42.5 Å². The molecule has 7 nitrogen and oxygen atoms in total. The molecule has 0 radical (unpaired) electrons. The fraction of sp³-hybridized carbons (Fsp3) is 0.333. The predicted molar refractivity (Wildman–Crippen MR) is 97.3 cm³/mol. The molecule has 0 atom stereocenters. The van der Waals surface area contributed by atoms with Crippen LogP contribution >= 0.6 is 0 Å². The van der Waals surface area contributed by atoms with Crippen molar-refractivity contribution in [1.29, 1.82) is 0 Å². The van der Waals surface area contributed by atoms with E-state index in [2.05, 4.69) is 54.9 Å². The van der Waals surface area contributed by atoms with E-state index in [9.17, 15) is 0 Å². The van der Waals surface area contributed by atoms with E-state index in [0.29, 0.717) is 5.88 Å². The van der Waals surface area contributed by atoms with Crippen molar-refractivity contribution in [2.75, 3.05) is 43.1 Å². The summed E-state index contributed by atoms with van der Waals surface area (Å²) < 4.78 is 5.17. The van der Waals surface area contributed by atoms with Gasteiger partial charge in [0.05, 0.1) is 25.0 Å². The number of aryl methyl sites for hydroxylation is 1. The Balaban J connectivity index is 1.55. The number of fused-ring (bicyclic) bond motifs is 1. The summed E-state index contributed by atoms with van der Waals surface area (Å²) in [7, 11) is 1.61. The fourth-order valence-electron chi connectivity index (χ4n) is 3.15. The van der Waals surface area contributed by atoms with Crippen molar-refractivity contribution < 1.29 is 4.74 Å². The SMILES string of the molecule is COc1cncc(N2CCN(c3ncnc4ccc(C)cc34)CC2)n1. The molecule has 0 saturated carbocycles. The van der Waals surface area contributed by atoms with E-state index in [4.69, 9.17) is 4.74 Å². The second-order valence-corrected chi connectivity index (χ2v) is 6.11. The van der Waals surface area contributed by atoms with E-state index in [-0.39, 0.29) is 0 Å². The molecule has 0 bridgehead atoms. The molecule has 1 aliphatic heterocycles. The van der Waals surface area contributed by atoms with Crippen molar-refractivity contribution in [1.82, 2.24) is 19.9 Å². The Morgan fingerprint density at radius 1 is 1.00 bits per heavy atom. The summed E-state index contributed by atoms with van der Waals surface area (Å²) in [6.07, 6.45) is 5.05. The van der Waals surface area contributed by atoms with Gasteiger partial charge in [-0.2, -0.15) is 4.98 Å². The molecule has 25 heavy (non-hydrogen) atoms. The molecule has 0 N–H and O–H groups in total.